The molecule has 130 valence electrons. The fourth-order valence-electron chi connectivity index (χ4n) is 2.41. The molecule has 2 heterocycles. The highest BCUT2D eigenvalue weighted by atomic mass is 32.2. The lowest BCUT2D eigenvalue weighted by molar-refractivity contribution is -0.115. The highest BCUT2D eigenvalue weighted by molar-refractivity contribution is 8.00. The SMILES string of the molecule is CC(Sc1nnc2ccccn12)C(=O)Nc1ccc(C(C)(C)C)cc1. The number of thioether (sulfide) groups is 1. The molecule has 0 aliphatic carbocycles. The number of anilines is 1. The molecule has 6 heteroatoms. The smallest absolute Gasteiger partial charge is 0.237 e. The Kier molecular flexibility index (Phi) is 4.81. The zero-order chi connectivity index (χ0) is 18.0. The van der Waals surface area contributed by atoms with Crippen molar-refractivity contribution in [1.82, 2.24) is 14.6 Å². The zero-order valence-corrected chi connectivity index (χ0v) is 15.7. The average Bonchev–Trinajstić information content (AvgIpc) is 2.97. The number of benzene rings is 1. The van der Waals surface area contributed by atoms with Crippen molar-refractivity contribution < 1.29 is 4.79 Å². The predicted molar refractivity (Wildman–Crippen MR) is 102 cm³/mol. The van der Waals surface area contributed by atoms with Gasteiger partial charge in [-0.1, -0.05) is 50.7 Å². The van der Waals surface area contributed by atoms with Gasteiger partial charge in [-0.15, -0.1) is 10.2 Å². The molecule has 0 aliphatic heterocycles. The van der Waals surface area contributed by atoms with Crippen LogP contribution in [0, 0.1) is 0 Å². The Morgan fingerprint density at radius 1 is 1.12 bits per heavy atom. The average molecular weight is 354 g/mol. The van der Waals surface area contributed by atoms with Crippen molar-refractivity contribution in [3.8, 4) is 0 Å². The molecular weight excluding hydrogens is 332 g/mol. The molecular formula is C19H22N4OS. The number of hydrogen-bond donors (Lipinski definition) is 1. The third-order valence-electron chi connectivity index (χ3n) is 3.95. The number of carbonyl (C=O) groups is 1. The van der Waals surface area contributed by atoms with Gasteiger partial charge in [0.2, 0.25) is 5.91 Å². The molecule has 2 aromatic heterocycles. The number of rotatable bonds is 4. The molecule has 0 bridgehead atoms. The van der Waals surface area contributed by atoms with Crippen LogP contribution in [0.4, 0.5) is 5.69 Å². The Labute approximate surface area is 151 Å². The van der Waals surface area contributed by atoms with E-state index in [1.54, 1.807) is 0 Å². The summed E-state index contributed by atoms with van der Waals surface area (Å²) in [4.78, 5) is 12.5. The fourth-order valence-corrected chi connectivity index (χ4v) is 3.25. The van der Waals surface area contributed by atoms with Gasteiger partial charge in [-0.05, 0) is 42.2 Å². The summed E-state index contributed by atoms with van der Waals surface area (Å²) < 4.78 is 1.88. The molecule has 0 spiro atoms. The van der Waals surface area contributed by atoms with Gasteiger partial charge in [0.25, 0.3) is 0 Å². The molecule has 1 N–H and O–H groups in total. The summed E-state index contributed by atoms with van der Waals surface area (Å²) in [7, 11) is 0. The van der Waals surface area contributed by atoms with Gasteiger partial charge < -0.3 is 5.32 Å². The molecule has 0 aliphatic rings. The first-order chi connectivity index (χ1) is 11.8. The van der Waals surface area contributed by atoms with Crippen molar-refractivity contribution in [2.75, 3.05) is 5.32 Å². The summed E-state index contributed by atoms with van der Waals surface area (Å²) in [6.07, 6.45) is 1.90. The van der Waals surface area contributed by atoms with E-state index in [0.29, 0.717) is 5.16 Å². The summed E-state index contributed by atoms with van der Waals surface area (Å²) >= 11 is 1.39. The Hall–Kier alpha value is -2.34. The molecule has 3 rings (SSSR count). The number of nitrogens with zero attached hydrogens (tertiary/aromatic N) is 3. The fraction of sp³-hybridized carbons (Fsp3) is 0.316. The topological polar surface area (TPSA) is 59.3 Å². The van der Waals surface area contributed by atoms with Crippen molar-refractivity contribution >= 4 is 29.0 Å². The van der Waals surface area contributed by atoms with Crippen molar-refractivity contribution in [3.05, 3.63) is 54.2 Å². The van der Waals surface area contributed by atoms with Gasteiger partial charge in [-0.2, -0.15) is 0 Å². The maximum Gasteiger partial charge on any atom is 0.237 e. The van der Waals surface area contributed by atoms with Crippen LogP contribution in [-0.4, -0.2) is 25.8 Å². The molecule has 0 saturated carbocycles. The highest BCUT2D eigenvalue weighted by Crippen LogP contribution is 2.25. The highest BCUT2D eigenvalue weighted by Gasteiger charge is 2.18. The van der Waals surface area contributed by atoms with E-state index in [4.69, 9.17) is 0 Å². The Bertz CT molecular complexity index is 880. The third kappa shape index (κ3) is 4.02. The number of fused-ring (bicyclic) bond motifs is 1. The maximum absolute atomic E-state index is 12.5. The quantitative estimate of drug-likeness (QED) is 0.715. The van der Waals surface area contributed by atoms with Gasteiger partial charge in [0, 0.05) is 11.9 Å². The normalized spacial score (nSPS) is 13.0. The third-order valence-corrected chi connectivity index (χ3v) is 5.01. The van der Waals surface area contributed by atoms with Crippen LogP contribution in [0.15, 0.2) is 53.8 Å². The molecule has 1 unspecified atom stereocenters. The first-order valence-corrected chi connectivity index (χ1v) is 9.10. The number of amides is 1. The van der Waals surface area contributed by atoms with E-state index >= 15 is 0 Å². The first-order valence-electron chi connectivity index (χ1n) is 8.22. The lowest BCUT2D eigenvalue weighted by Gasteiger charge is -2.19. The van der Waals surface area contributed by atoms with Crippen molar-refractivity contribution in [1.29, 1.82) is 0 Å². The summed E-state index contributed by atoms with van der Waals surface area (Å²) in [6.45, 7) is 8.38. The van der Waals surface area contributed by atoms with Gasteiger partial charge in [-0.25, -0.2) is 0 Å². The molecule has 5 nitrogen and oxygen atoms in total. The van der Waals surface area contributed by atoms with E-state index in [9.17, 15) is 4.79 Å². The minimum atomic E-state index is -0.283. The largest absolute Gasteiger partial charge is 0.325 e. The van der Waals surface area contributed by atoms with Crippen LogP contribution in [0.25, 0.3) is 5.65 Å². The maximum atomic E-state index is 12.5. The second-order valence-corrected chi connectivity index (χ2v) is 8.30. The summed E-state index contributed by atoms with van der Waals surface area (Å²) in [6, 6.07) is 13.7. The molecule has 1 aromatic carbocycles. The minimum absolute atomic E-state index is 0.0545. The molecule has 25 heavy (non-hydrogen) atoms. The zero-order valence-electron chi connectivity index (χ0n) is 14.9. The molecule has 0 fully saturated rings. The molecule has 1 amide bonds. The molecule has 3 aromatic rings. The van der Waals surface area contributed by atoms with E-state index < -0.39 is 0 Å². The second kappa shape index (κ2) is 6.88. The Balaban J connectivity index is 1.66. The van der Waals surface area contributed by atoms with Gasteiger partial charge in [0.05, 0.1) is 5.25 Å². The van der Waals surface area contributed by atoms with Gasteiger partial charge in [-0.3, -0.25) is 9.20 Å². The van der Waals surface area contributed by atoms with Crippen LogP contribution in [0.1, 0.15) is 33.3 Å². The summed E-state index contributed by atoms with van der Waals surface area (Å²) in [5.74, 6) is -0.0545. The number of pyridine rings is 1. The van der Waals surface area contributed by atoms with Crippen LogP contribution in [0.2, 0.25) is 0 Å². The number of nitrogens with one attached hydrogen (secondary N) is 1. The Morgan fingerprint density at radius 2 is 1.84 bits per heavy atom. The van der Waals surface area contributed by atoms with E-state index in [1.807, 2.05) is 47.9 Å². The lowest BCUT2D eigenvalue weighted by Crippen LogP contribution is -2.22. The van der Waals surface area contributed by atoms with Gasteiger partial charge in [0.15, 0.2) is 10.8 Å². The molecule has 1 atom stereocenters. The Morgan fingerprint density at radius 3 is 2.52 bits per heavy atom. The number of carbonyl (C=O) groups excluding carboxylic acids is 1. The monoisotopic (exact) mass is 354 g/mol. The standard InChI is InChI=1S/C19H22N4OS/c1-13(25-18-22-21-16-7-5-6-12-23(16)18)17(24)20-15-10-8-14(9-11-15)19(2,3)4/h5-13H,1-4H3,(H,20,24). The van der Waals surface area contributed by atoms with Crippen molar-refractivity contribution in [2.24, 2.45) is 0 Å². The van der Waals surface area contributed by atoms with E-state index in [-0.39, 0.29) is 16.6 Å². The summed E-state index contributed by atoms with van der Waals surface area (Å²) in [5.41, 5.74) is 2.91. The van der Waals surface area contributed by atoms with Crippen molar-refractivity contribution in [3.63, 3.8) is 0 Å². The number of hydrogen-bond acceptors (Lipinski definition) is 4. The second-order valence-electron chi connectivity index (χ2n) is 6.99. The van der Waals surface area contributed by atoms with Gasteiger partial charge in [0.1, 0.15) is 0 Å². The molecule has 0 radical (unpaired) electrons. The van der Waals surface area contributed by atoms with E-state index in [2.05, 4.69) is 48.4 Å². The van der Waals surface area contributed by atoms with Crippen LogP contribution in [0.3, 0.4) is 0 Å². The summed E-state index contributed by atoms with van der Waals surface area (Å²) in [5, 5.41) is 11.7. The minimum Gasteiger partial charge on any atom is -0.325 e. The number of aromatic nitrogens is 3. The van der Waals surface area contributed by atoms with Crippen molar-refractivity contribution in [2.45, 2.75) is 43.5 Å². The predicted octanol–water partition coefficient (Wildman–Crippen LogP) is 4.15. The lowest BCUT2D eigenvalue weighted by atomic mass is 9.87. The van der Waals surface area contributed by atoms with Crippen LogP contribution < -0.4 is 5.32 Å². The van der Waals surface area contributed by atoms with E-state index in [1.165, 1.54) is 17.3 Å². The van der Waals surface area contributed by atoms with Gasteiger partial charge >= 0.3 is 0 Å². The van der Waals surface area contributed by atoms with Crippen LogP contribution >= 0.6 is 11.8 Å². The van der Waals surface area contributed by atoms with E-state index in [0.717, 1.165) is 11.3 Å². The first kappa shape index (κ1) is 17.5. The molecule has 0 saturated heterocycles. The van der Waals surface area contributed by atoms with Crippen LogP contribution in [0.5, 0.6) is 0 Å². The van der Waals surface area contributed by atoms with Crippen LogP contribution in [-0.2, 0) is 10.2 Å².